The maximum Gasteiger partial charge on any atom is 0.192 e. The molecular weight excluding hydrogens is 264 g/mol. The van der Waals surface area contributed by atoms with E-state index in [0.717, 1.165) is 29.7 Å². The number of ketones is 1. The van der Waals surface area contributed by atoms with Crippen molar-refractivity contribution in [2.24, 2.45) is 0 Å². The van der Waals surface area contributed by atoms with Crippen molar-refractivity contribution in [1.29, 1.82) is 0 Å². The SMILES string of the molecule is CCN1CCOC(C(=O)c2ccc3nc(C)ccc3c2)C1. The third-order valence-electron chi connectivity index (χ3n) is 4.00. The van der Waals surface area contributed by atoms with Gasteiger partial charge in [-0.1, -0.05) is 13.0 Å². The highest BCUT2D eigenvalue weighted by molar-refractivity contribution is 6.02. The number of aryl methyl sites for hydroxylation is 1. The predicted octanol–water partition coefficient (Wildman–Crippen LogP) is 2.45. The minimum atomic E-state index is -0.352. The summed E-state index contributed by atoms with van der Waals surface area (Å²) >= 11 is 0. The summed E-state index contributed by atoms with van der Waals surface area (Å²) in [5.41, 5.74) is 2.61. The van der Waals surface area contributed by atoms with Crippen LogP contribution in [-0.4, -0.2) is 48.0 Å². The van der Waals surface area contributed by atoms with Crippen LogP contribution in [0.15, 0.2) is 30.3 Å². The van der Waals surface area contributed by atoms with Crippen LogP contribution in [0, 0.1) is 6.92 Å². The molecule has 0 spiro atoms. The van der Waals surface area contributed by atoms with Crippen molar-refractivity contribution in [1.82, 2.24) is 9.88 Å². The van der Waals surface area contributed by atoms with Crippen LogP contribution in [0.2, 0.25) is 0 Å². The first kappa shape index (κ1) is 14.2. The highest BCUT2D eigenvalue weighted by atomic mass is 16.5. The molecule has 4 heteroatoms. The number of likely N-dealkylation sites (N-methyl/N-ethyl adjacent to an activating group) is 1. The van der Waals surface area contributed by atoms with Gasteiger partial charge in [-0.2, -0.15) is 0 Å². The molecule has 1 aliphatic rings. The molecule has 110 valence electrons. The summed E-state index contributed by atoms with van der Waals surface area (Å²) in [5.74, 6) is 0.0654. The Balaban J connectivity index is 1.85. The highest BCUT2D eigenvalue weighted by Crippen LogP contribution is 2.18. The molecule has 1 aromatic heterocycles. The summed E-state index contributed by atoms with van der Waals surface area (Å²) in [4.78, 5) is 19.3. The number of carbonyl (C=O) groups is 1. The third-order valence-corrected chi connectivity index (χ3v) is 4.00. The molecule has 0 bridgehead atoms. The summed E-state index contributed by atoms with van der Waals surface area (Å²) in [5, 5.41) is 0.995. The van der Waals surface area contributed by atoms with Gasteiger partial charge >= 0.3 is 0 Å². The number of Topliss-reactive ketones (excluding diaryl/α,β-unsaturated/α-hetero) is 1. The maximum absolute atomic E-state index is 12.6. The zero-order valence-electron chi connectivity index (χ0n) is 12.5. The fraction of sp³-hybridized carbons (Fsp3) is 0.412. The molecule has 4 nitrogen and oxygen atoms in total. The average molecular weight is 284 g/mol. The molecule has 2 aromatic rings. The number of pyridine rings is 1. The smallest absolute Gasteiger partial charge is 0.192 e. The molecule has 1 saturated heterocycles. The van der Waals surface area contributed by atoms with E-state index in [9.17, 15) is 4.79 Å². The van der Waals surface area contributed by atoms with Gasteiger partial charge in [0.05, 0.1) is 12.1 Å². The topological polar surface area (TPSA) is 42.4 Å². The summed E-state index contributed by atoms with van der Waals surface area (Å²) in [6.07, 6.45) is -0.352. The van der Waals surface area contributed by atoms with Gasteiger partial charge in [0.2, 0.25) is 0 Å². The molecule has 0 radical (unpaired) electrons. The Morgan fingerprint density at radius 1 is 1.38 bits per heavy atom. The fourth-order valence-electron chi connectivity index (χ4n) is 2.72. The Labute approximate surface area is 124 Å². The second-order valence-corrected chi connectivity index (χ2v) is 5.48. The summed E-state index contributed by atoms with van der Waals surface area (Å²) in [7, 11) is 0. The zero-order chi connectivity index (χ0) is 14.8. The van der Waals surface area contributed by atoms with Crippen molar-refractivity contribution < 1.29 is 9.53 Å². The number of benzene rings is 1. The number of nitrogens with zero attached hydrogens (tertiary/aromatic N) is 2. The lowest BCUT2D eigenvalue weighted by Gasteiger charge is -2.31. The van der Waals surface area contributed by atoms with Crippen molar-refractivity contribution in [2.75, 3.05) is 26.2 Å². The van der Waals surface area contributed by atoms with Gasteiger partial charge in [0.1, 0.15) is 6.10 Å². The summed E-state index contributed by atoms with van der Waals surface area (Å²) in [6, 6.07) is 9.65. The van der Waals surface area contributed by atoms with Crippen molar-refractivity contribution in [3.05, 3.63) is 41.6 Å². The molecule has 0 amide bonds. The normalized spacial score (nSPS) is 19.8. The zero-order valence-corrected chi connectivity index (χ0v) is 12.5. The Bertz CT molecular complexity index is 669. The lowest BCUT2D eigenvalue weighted by molar-refractivity contribution is -0.0148. The Morgan fingerprint density at radius 3 is 3.05 bits per heavy atom. The molecule has 0 N–H and O–H groups in total. The molecule has 0 aliphatic carbocycles. The molecule has 1 aliphatic heterocycles. The predicted molar refractivity (Wildman–Crippen MR) is 82.7 cm³/mol. The molecule has 0 saturated carbocycles. The first-order valence-electron chi connectivity index (χ1n) is 7.43. The van der Waals surface area contributed by atoms with Gasteiger partial charge in [0.25, 0.3) is 0 Å². The number of carbonyl (C=O) groups excluding carboxylic acids is 1. The van der Waals surface area contributed by atoms with Crippen LogP contribution in [-0.2, 0) is 4.74 Å². The number of rotatable bonds is 3. The largest absolute Gasteiger partial charge is 0.367 e. The van der Waals surface area contributed by atoms with Crippen molar-refractivity contribution >= 4 is 16.7 Å². The molecule has 2 heterocycles. The van der Waals surface area contributed by atoms with E-state index in [1.165, 1.54) is 0 Å². The minimum absolute atomic E-state index is 0.0654. The van der Waals surface area contributed by atoms with Crippen molar-refractivity contribution in [3.63, 3.8) is 0 Å². The van der Waals surface area contributed by atoms with E-state index in [4.69, 9.17) is 4.74 Å². The minimum Gasteiger partial charge on any atom is -0.367 e. The van der Waals surface area contributed by atoms with Gasteiger partial charge in [0.15, 0.2) is 5.78 Å². The van der Waals surface area contributed by atoms with E-state index >= 15 is 0 Å². The van der Waals surface area contributed by atoms with Crippen molar-refractivity contribution in [2.45, 2.75) is 20.0 Å². The van der Waals surface area contributed by atoms with Gasteiger partial charge < -0.3 is 4.74 Å². The number of hydrogen-bond donors (Lipinski definition) is 0. The number of aromatic nitrogens is 1. The second kappa shape index (κ2) is 5.92. The van der Waals surface area contributed by atoms with Gasteiger partial charge in [-0.15, -0.1) is 0 Å². The van der Waals surface area contributed by atoms with Crippen LogP contribution in [0.5, 0.6) is 0 Å². The van der Waals surface area contributed by atoms with Gasteiger partial charge in [-0.25, -0.2) is 0 Å². The van der Waals surface area contributed by atoms with Crippen molar-refractivity contribution in [3.8, 4) is 0 Å². The number of hydrogen-bond acceptors (Lipinski definition) is 4. The quantitative estimate of drug-likeness (QED) is 0.812. The Hall–Kier alpha value is -1.78. The van der Waals surface area contributed by atoms with E-state index in [1.54, 1.807) is 0 Å². The number of morpholine rings is 1. The van der Waals surface area contributed by atoms with Crippen LogP contribution in [0.25, 0.3) is 10.9 Å². The van der Waals surface area contributed by atoms with Crippen LogP contribution < -0.4 is 0 Å². The second-order valence-electron chi connectivity index (χ2n) is 5.48. The van der Waals surface area contributed by atoms with E-state index in [0.29, 0.717) is 18.7 Å². The summed E-state index contributed by atoms with van der Waals surface area (Å²) < 4.78 is 5.65. The first-order valence-corrected chi connectivity index (χ1v) is 7.43. The molecular formula is C17H20N2O2. The Morgan fingerprint density at radius 2 is 2.24 bits per heavy atom. The molecule has 1 atom stereocenters. The number of fused-ring (bicyclic) bond motifs is 1. The molecule has 1 aromatic carbocycles. The van der Waals surface area contributed by atoms with Gasteiger partial charge in [-0.05, 0) is 37.7 Å². The van der Waals surface area contributed by atoms with E-state index in [-0.39, 0.29) is 11.9 Å². The molecule has 3 rings (SSSR count). The average Bonchev–Trinajstić information content (AvgIpc) is 2.53. The van der Waals surface area contributed by atoms with E-state index in [2.05, 4.69) is 16.8 Å². The molecule has 21 heavy (non-hydrogen) atoms. The van der Waals surface area contributed by atoms with Crippen LogP contribution in [0.4, 0.5) is 0 Å². The monoisotopic (exact) mass is 284 g/mol. The van der Waals surface area contributed by atoms with E-state index < -0.39 is 0 Å². The third kappa shape index (κ3) is 2.96. The molecule has 1 unspecified atom stereocenters. The van der Waals surface area contributed by atoms with Gasteiger partial charge in [-0.3, -0.25) is 14.7 Å². The Kier molecular flexibility index (Phi) is 3.99. The lowest BCUT2D eigenvalue weighted by atomic mass is 10.0. The van der Waals surface area contributed by atoms with Crippen LogP contribution >= 0.6 is 0 Å². The lowest BCUT2D eigenvalue weighted by Crippen LogP contribution is -2.45. The summed E-state index contributed by atoms with van der Waals surface area (Å²) in [6.45, 7) is 7.23. The van der Waals surface area contributed by atoms with Gasteiger partial charge in [0, 0.05) is 29.7 Å². The van der Waals surface area contributed by atoms with E-state index in [1.807, 2.05) is 37.3 Å². The van der Waals surface area contributed by atoms with Crippen LogP contribution in [0.1, 0.15) is 23.0 Å². The maximum atomic E-state index is 12.6. The fourth-order valence-corrected chi connectivity index (χ4v) is 2.72. The molecule has 1 fully saturated rings. The number of ether oxygens (including phenoxy) is 1. The van der Waals surface area contributed by atoms with Crippen LogP contribution in [0.3, 0.4) is 0 Å². The standard InChI is InChI=1S/C17H20N2O2/c1-3-19-8-9-21-16(11-19)17(20)14-6-7-15-13(10-14)5-4-12(2)18-15/h4-7,10,16H,3,8-9,11H2,1-2H3. The highest BCUT2D eigenvalue weighted by Gasteiger charge is 2.26. The first-order chi connectivity index (χ1) is 10.2.